The van der Waals surface area contributed by atoms with Crippen molar-refractivity contribution in [2.24, 2.45) is 5.92 Å². The van der Waals surface area contributed by atoms with Crippen LogP contribution in [0.25, 0.3) is 0 Å². The first-order valence-electron chi connectivity index (χ1n) is 10.0. The monoisotopic (exact) mass is 407 g/mol. The van der Waals surface area contributed by atoms with Gasteiger partial charge in [-0.05, 0) is 31.0 Å². The Hall–Kier alpha value is -1.63. The van der Waals surface area contributed by atoms with Crippen molar-refractivity contribution in [1.82, 2.24) is 14.7 Å². The fourth-order valence-corrected chi connectivity index (χ4v) is 4.42. The molecule has 2 saturated heterocycles. The molecule has 154 valence electrons. The molecule has 0 bridgehead atoms. The number of likely N-dealkylation sites (tertiary alicyclic amines) is 1. The Bertz CT molecular complexity index is 691. The molecule has 2 heterocycles. The number of piperidine rings is 1. The summed E-state index contributed by atoms with van der Waals surface area (Å²) in [6.07, 6.45) is 1.09. The van der Waals surface area contributed by atoms with Crippen LogP contribution in [0.5, 0.6) is 0 Å². The molecule has 0 saturated carbocycles. The molecule has 7 heteroatoms. The molecule has 1 aromatic rings. The summed E-state index contributed by atoms with van der Waals surface area (Å²) in [6, 6.07) is 7.85. The quantitative estimate of drug-likeness (QED) is 0.725. The number of ether oxygens (including phenoxy) is 1. The fourth-order valence-electron chi connectivity index (χ4n) is 4.21. The van der Waals surface area contributed by atoms with Gasteiger partial charge in [0, 0.05) is 63.9 Å². The molecule has 28 heavy (non-hydrogen) atoms. The summed E-state index contributed by atoms with van der Waals surface area (Å²) >= 11 is 6.07. The molecule has 2 aliphatic heterocycles. The first-order chi connectivity index (χ1) is 13.5. The number of hydrogen-bond acceptors (Lipinski definition) is 4. The highest BCUT2D eigenvalue weighted by Gasteiger charge is 2.39. The molecule has 2 fully saturated rings. The Morgan fingerprint density at radius 3 is 2.68 bits per heavy atom. The van der Waals surface area contributed by atoms with E-state index in [1.807, 2.05) is 34.9 Å². The molecule has 2 atom stereocenters. The standard InChI is InChI=1S/C21H30ClN3O3/c1-16-19(6-7-20(26)25(16)12-13-28-2)21(27)24-10-8-23(9-11-24)15-17-4-3-5-18(22)14-17/h3-5,14,16,19H,6-13,15H2,1-2H3/t16-,19-/m1/s1. The molecule has 2 amide bonds. The van der Waals surface area contributed by atoms with Crippen molar-refractivity contribution in [3.8, 4) is 0 Å². The molecule has 0 N–H and O–H groups in total. The van der Waals surface area contributed by atoms with Gasteiger partial charge in [-0.2, -0.15) is 0 Å². The molecular weight excluding hydrogens is 378 g/mol. The molecule has 1 aromatic carbocycles. The summed E-state index contributed by atoms with van der Waals surface area (Å²) in [5.74, 6) is 0.193. The van der Waals surface area contributed by atoms with E-state index in [9.17, 15) is 9.59 Å². The van der Waals surface area contributed by atoms with Gasteiger partial charge in [0.25, 0.3) is 0 Å². The van der Waals surface area contributed by atoms with Crippen LogP contribution in [0.3, 0.4) is 0 Å². The fraction of sp³-hybridized carbons (Fsp3) is 0.619. The van der Waals surface area contributed by atoms with Crippen molar-refractivity contribution >= 4 is 23.4 Å². The summed E-state index contributed by atoms with van der Waals surface area (Å²) in [5.41, 5.74) is 1.19. The number of amides is 2. The van der Waals surface area contributed by atoms with E-state index in [2.05, 4.69) is 11.0 Å². The zero-order valence-electron chi connectivity index (χ0n) is 16.8. The predicted octanol–water partition coefficient (Wildman–Crippen LogP) is 2.26. The zero-order chi connectivity index (χ0) is 20.1. The normalized spacial score (nSPS) is 23.9. The second kappa shape index (κ2) is 9.72. The van der Waals surface area contributed by atoms with E-state index >= 15 is 0 Å². The van der Waals surface area contributed by atoms with Gasteiger partial charge in [-0.1, -0.05) is 23.7 Å². The zero-order valence-corrected chi connectivity index (χ0v) is 17.5. The van der Waals surface area contributed by atoms with Crippen molar-refractivity contribution in [2.75, 3.05) is 46.4 Å². The third kappa shape index (κ3) is 5.04. The average molecular weight is 408 g/mol. The second-order valence-electron chi connectivity index (χ2n) is 7.70. The lowest BCUT2D eigenvalue weighted by Crippen LogP contribution is -2.56. The topological polar surface area (TPSA) is 53.1 Å². The average Bonchev–Trinajstić information content (AvgIpc) is 2.68. The Labute approximate surface area is 172 Å². The van der Waals surface area contributed by atoms with Gasteiger partial charge in [0.1, 0.15) is 0 Å². The van der Waals surface area contributed by atoms with Gasteiger partial charge in [0.05, 0.1) is 12.5 Å². The summed E-state index contributed by atoms with van der Waals surface area (Å²) < 4.78 is 5.12. The molecular formula is C21H30ClN3O3. The third-order valence-electron chi connectivity index (χ3n) is 5.90. The number of benzene rings is 1. The smallest absolute Gasteiger partial charge is 0.227 e. The maximum Gasteiger partial charge on any atom is 0.227 e. The maximum absolute atomic E-state index is 13.1. The molecule has 0 aliphatic carbocycles. The Kier molecular flexibility index (Phi) is 7.32. The Morgan fingerprint density at radius 2 is 2.00 bits per heavy atom. The van der Waals surface area contributed by atoms with E-state index in [0.717, 1.165) is 37.7 Å². The predicted molar refractivity (Wildman–Crippen MR) is 109 cm³/mol. The largest absolute Gasteiger partial charge is 0.383 e. The second-order valence-corrected chi connectivity index (χ2v) is 8.13. The first-order valence-corrected chi connectivity index (χ1v) is 10.4. The van der Waals surface area contributed by atoms with Gasteiger partial charge >= 0.3 is 0 Å². The third-order valence-corrected chi connectivity index (χ3v) is 6.13. The maximum atomic E-state index is 13.1. The number of piperazine rings is 1. The van der Waals surface area contributed by atoms with E-state index in [1.54, 1.807) is 7.11 Å². The Morgan fingerprint density at radius 1 is 1.25 bits per heavy atom. The highest BCUT2D eigenvalue weighted by molar-refractivity contribution is 6.30. The molecule has 3 rings (SSSR count). The summed E-state index contributed by atoms with van der Waals surface area (Å²) in [7, 11) is 1.63. The van der Waals surface area contributed by atoms with Crippen molar-refractivity contribution < 1.29 is 14.3 Å². The number of carbonyl (C=O) groups is 2. The van der Waals surface area contributed by atoms with Gasteiger partial charge in [0.2, 0.25) is 11.8 Å². The minimum absolute atomic E-state index is 0.0756. The number of rotatable bonds is 6. The van der Waals surface area contributed by atoms with Gasteiger partial charge in [-0.15, -0.1) is 0 Å². The number of nitrogens with zero attached hydrogens (tertiary/aromatic N) is 3. The van der Waals surface area contributed by atoms with Crippen molar-refractivity contribution in [3.05, 3.63) is 34.9 Å². The van der Waals surface area contributed by atoms with Crippen LogP contribution in [0.15, 0.2) is 24.3 Å². The summed E-state index contributed by atoms with van der Waals surface area (Å²) in [5, 5.41) is 0.755. The van der Waals surface area contributed by atoms with Gasteiger partial charge in [-0.3, -0.25) is 14.5 Å². The molecule has 0 radical (unpaired) electrons. The number of hydrogen-bond donors (Lipinski definition) is 0. The summed E-state index contributed by atoms with van der Waals surface area (Å²) in [4.78, 5) is 31.5. The minimum atomic E-state index is -0.117. The van der Waals surface area contributed by atoms with Gasteiger partial charge in [-0.25, -0.2) is 0 Å². The molecule has 6 nitrogen and oxygen atoms in total. The molecule has 2 aliphatic rings. The SMILES string of the molecule is COCCN1C(=O)CC[C@@H](C(=O)N2CCN(Cc3cccc(Cl)c3)CC2)[C@H]1C. The minimum Gasteiger partial charge on any atom is -0.383 e. The van der Waals surface area contributed by atoms with E-state index < -0.39 is 0 Å². The van der Waals surface area contributed by atoms with Crippen LogP contribution in [-0.4, -0.2) is 79.0 Å². The van der Waals surface area contributed by atoms with Crippen LogP contribution in [0.1, 0.15) is 25.3 Å². The van der Waals surface area contributed by atoms with E-state index in [0.29, 0.717) is 26.0 Å². The molecule has 0 spiro atoms. The van der Waals surface area contributed by atoms with Crippen LogP contribution in [0.4, 0.5) is 0 Å². The lowest BCUT2D eigenvalue weighted by molar-refractivity contribution is -0.148. The van der Waals surface area contributed by atoms with Crippen molar-refractivity contribution in [1.29, 1.82) is 0 Å². The summed E-state index contributed by atoms with van der Waals surface area (Å²) in [6.45, 7) is 7.06. The first kappa shape index (κ1) is 21.1. The van der Waals surface area contributed by atoms with Crippen LogP contribution < -0.4 is 0 Å². The van der Waals surface area contributed by atoms with E-state index in [1.165, 1.54) is 5.56 Å². The van der Waals surface area contributed by atoms with E-state index in [4.69, 9.17) is 16.3 Å². The van der Waals surface area contributed by atoms with Gasteiger partial charge in [0.15, 0.2) is 0 Å². The van der Waals surface area contributed by atoms with Crippen molar-refractivity contribution in [2.45, 2.75) is 32.4 Å². The van der Waals surface area contributed by atoms with Crippen molar-refractivity contribution in [3.63, 3.8) is 0 Å². The van der Waals surface area contributed by atoms with Crippen LogP contribution >= 0.6 is 11.6 Å². The number of halogens is 1. The lowest BCUT2D eigenvalue weighted by atomic mass is 9.88. The van der Waals surface area contributed by atoms with Crippen LogP contribution in [0, 0.1) is 5.92 Å². The van der Waals surface area contributed by atoms with Crippen LogP contribution in [0.2, 0.25) is 5.02 Å². The highest BCUT2D eigenvalue weighted by Crippen LogP contribution is 2.27. The number of methoxy groups -OCH3 is 1. The molecule has 0 aromatic heterocycles. The van der Waals surface area contributed by atoms with Gasteiger partial charge < -0.3 is 14.5 Å². The Balaban J connectivity index is 1.53. The van der Waals surface area contributed by atoms with Crippen LogP contribution in [-0.2, 0) is 20.9 Å². The molecule has 0 unspecified atom stereocenters. The highest BCUT2D eigenvalue weighted by atomic mass is 35.5. The van der Waals surface area contributed by atoms with E-state index in [-0.39, 0.29) is 23.8 Å². The number of carbonyl (C=O) groups excluding carboxylic acids is 2. The lowest BCUT2D eigenvalue weighted by Gasteiger charge is -2.42.